The minimum absolute atomic E-state index is 0.154. The van der Waals surface area contributed by atoms with Crippen molar-refractivity contribution in [3.63, 3.8) is 0 Å². The van der Waals surface area contributed by atoms with Crippen LogP contribution >= 0.6 is 11.6 Å². The second-order valence-corrected chi connectivity index (χ2v) is 8.54. The number of aromatic nitrogens is 1. The molecule has 2 heterocycles. The number of nitrogens with one attached hydrogen (secondary N) is 1. The molecule has 8 nitrogen and oxygen atoms in total. The van der Waals surface area contributed by atoms with Crippen molar-refractivity contribution in [2.75, 3.05) is 45.2 Å². The second-order valence-electron chi connectivity index (χ2n) is 6.25. The van der Waals surface area contributed by atoms with Crippen molar-refractivity contribution in [3.05, 3.63) is 47.7 Å². The summed E-state index contributed by atoms with van der Waals surface area (Å²) in [7, 11) is -2.04. The highest BCUT2D eigenvalue weighted by atomic mass is 35.5. The van der Waals surface area contributed by atoms with E-state index in [0.29, 0.717) is 37.6 Å². The number of nitrogens with zero attached hydrogens (tertiary/aromatic N) is 3. The summed E-state index contributed by atoms with van der Waals surface area (Å²) in [5.74, 6) is 0.380. The Labute approximate surface area is 169 Å². The van der Waals surface area contributed by atoms with Crippen molar-refractivity contribution in [2.24, 2.45) is 0 Å². The maximum Gasteiger partial charge on any atom is 0.243 e. The molecule has 0 radical (unpaired) electrons. The number of pyridine rings is 1. The number of benzene rings is 1. The highest BCUT2D eigenvalue weighted by Crippen LogP contribution is 2.21. The zero-order valence-corrected chi connectivity index (χ0v) is 16.9. The van der Waals surface area contributed by atoms with Gasteiger partial charge in [0.05, 0.1) is 24.2 Å². The van der Waals surface area contributed by atoms with Gasteiger partial charge in [0, 0.05) is 32.4 Å². The van der Waals surface area contributed by atoms with Crippen LogP contribution in [0.1, 0.15) is 0 Å². The first-order valence-electron chi connectivity index (χ1n) is 8.67. The molecular weight excluding hydrogens is 404 g/mol. The number of carbonyl (C=O) groups is 1. The van der Waals surface area contributed by atoms with Crippen LogP contribution < -0.4 is 10.1 Å². The molecule has 1 aliphatic heterocycles. The van der Waals surface area contributed by atoms with E-state index in [0.717, 1.165) is 0 Å². The van der Waals surface area contributed by atoms with E-state index in [4.69, 9.17) is 16.3 Å². The van der Waals surface area contributed by atoms with E-state index in [1.807, 2.05) is 4.90 Å². The Kier molecular flexibility index (Phi) is 6.50. The van der Waals surface area contributed by atoms with Gasteiger partial charge in [-0.05, 0) is 36.4 Å². The SMILES string of the molecule is COc1ccc(S(=O)(=O)N2CCN(CC(=O)Nc3cccnc3Cl)CC2)cc1. The van der Waals surface area contributed by atoms with E-state index in [2.05, 4.69) is 10.3 Å². The normalized spacial score (nSPS) is 15.9. The third-order valence-corrected chi connectivity index (χ3v) is 6.64. The van der Waals surface area contributed by atoms with Crippen LogP contribution in [0.3, 0.4) is 0 Å². The summed E-state index contributed by atoms with van der Waals surface area (Å²) in [5, 5.41) is 2.94. The van der Waals surface area contributed by atoms with Crippen LogP contribution in [0.2, 0.25) is 5.15 Å². The lowest BCUT2D eigenvalue weighted by molar-refractivity contribution is -0.117. The number of amides is 1. The number of piperazine rings is 1. The van der Waals surface area contributed by atoms with Crippen LogP contribution in [0.5, 0.6) is 5.75 Å². The Balaban J connectivity index is 1.55. The monoisotopic (exact) mass is 424 g/mol. The van der Waals surface area contributed by atoms with Crippen molar-refractivity contribution < 1.29 is 17.9 Å². The molecule has 0 saturated carbocycles. The summed E-state index contributed by atoms with van der Waals surface area (Å²) in [4.78, 5) is 18.3. The standard InChI is InChI=1S/C18H21ClN4O4S/c1-27-14-4-6-15(7-5-14)28(25,26)23-11-9-22(10-12-23)13-17(24)21-16-3-2-8-20-18(16)19/h2-8H,9-13H2,1H3,(H,21,24). The van der Waals surface area contributed by atoms with Gasteiger partial charge in [-0.15, -0.1) is 0 Å². The molecule has 10 heteroatoms. The van der Waals surface area contributed by atoms with Gasteiger partial charge in [-0.3, -0.25) is 9.69 Å². The quantitative estimate of drug-likeness (QED) is 0.709. The lowest BCUT2D eigenvalue weighted by atomic mass is 10.3. The van der Waals surface area contributed by atoms with Gasteiger partial charge in [-0.1, -0.05) is 11.6 Å². The van der Waals surface area contributed by atoms with Gasteiger partial charge in [0.25, 0.3) is 0 Å². The number of sulfonamides is 1. The van der Waals surface area contributed by atoms with E-state index < -0.39 is 10.0 Å². The third kappa shape index (κ3) is 4.79. The molecule has 150 valence electrons. The van der Waals surface area contributed by atoms with Crippen molar-refractivity contribution in [1.29, 1.82) is 0 Å². The van der Waals surface area contributed by atoms with Gasteiger partial charge in [0.2, 0.25) is 15.9 Å². The first kappa shape index (κ1) is 20.5. The van der Waals surface area contributed by atoms with Crippen molar-refractivity contribution in [1.82, 2.24) is 14.2 Å². The lowest BCUT2D eigenvalue weighted by Crippen LogP contribution is -2.50. The van der Waals surface area contributed by atoms with Crippen LogP contribution in [0.15, 0.2) is 47.5 Å². The minimum Gasteiger partial charge on any atom is -0.497 e. The van der Waals surface area contributed by atoms with E-state index >= 15 is 0 Å². The van der Waals surface area contributed by atoms with Gasteiger partial charge in [0.15, 0.2) is 5.15 Å². The fraction of sp³-hybridized carbons (Fsp3) is 0.333. The summed E-state index contributed by atoms with van der Waals surface area (Å²) < 4.78 is 32.0. The van der Waals surface area contributed by atoms with Crippen molar-refractivity contribution in [2.45, 2.75) is 4.90 Å². The largest absolute Gasteiger partial charge is 0.497 e. The molecular formula is C18H21ClN4O4S. The van der Waals surface area contributed by atoms with Crippen molar-refractivity contribution >= 4 is 33.2 Å². The maximum atomic E-state index is 12.8. The molecule has 0 unspecified atom stereocenters. The van der Waals surface area contributed by atoms with Crippen LogP contribution in [0.4, 0.5) is 5.69 Å². The molecule has 1 aromatic carbocycles. The Morgan fingerprint density at radius 1 is 1.18 bits per heavy atom. The number of anilines is 1. The minimum atomic E-state index is -3.57. The molecule has 0 aliphatic carbocycles. The molecule has 1 amide bonds. The Hall–Kier alpha value is -2.20. The van der Waals surface area contributed by atoms with Crippen molar-refractivity contribution in [3.8, 4) is 5.75 Å². The summed E-state index contributed by atoms with van der Waals surface area (Å²) in [6, 6.07) is 9.67. The fourth-order valence-electron chi connectivity index (χ4n) is 2.90. The summed E-state index contributed by atoms with van der Waals surface area (Å²) in [5.41, 5.74) is 0.454. The van der Waals surface area contributed by atoms with Crippen LogP contribution in [0, 0.1) is 0 Å². The van der Waals surface area contributed by atoms with Crippen LogP contribution in [-0.4, -0.2) is 68.3 Å². The van der Waals surface area contributed by atoms with Gasteiger partial charge >= 0.3 is 0 Å². The first-order valence-corrected chi connectivity index (χ1v) is 10.5. The average Bonchev–Trinajstić information content (AvgIpc) is 2.70. The predicted molar refractivity (Wildman–Crippen MR) is 106 cm³/mol. The molecule has 1 saturated heterocycles. The zero-order chi connectivity index (χ0) is 20.1. The fourth-order valence-corrected chi connectivity index (χ4v) is 4.49. The van der Waals surface area contributed by atoms with E-state index in [9.17, 15) is 13.2 Å². The number of methoxy groups -OCH3 is 1. The molecule has 0 spiro atoms. The van der Waals surface area contributed by atoms with Crippen LogP contribution in [0.25, 0.3) is 0 Å². The van der Waals surface area contributed by atoms with Gasteiger partial charge in [-0.2, -0.15) is 4.31 Å². The smallest absolute Gasteiger partial charge is 0.243 e. The molecule has 3 rings (SSSR count). The Morgan fingerprint density at radius 3 is 2.46 bits per heavy atom. The van der Waals surface area contributed by atoms with Gasteiger partial charge in [0.1, 0.15) is 5.75 Å². The molecule has 1 aromatic heterocycles. The molecule has 1 fully saturated rings. The molecule has 0 atom stereocenters. The lowest BCUT2D eigenvalue weighted by Gasteiger charge is -2.33. The number of hydrogen-bond donors (Lipinski definition) is 1. The zero-order valence-electron chi connectivity index (χ0n) is 15.3. The molecule has 1 N–H and O–H groups in total. The Morgan fingerprint density at radius 2 is 1.86 bits per heavy atom. The highest BCUT2D eigenvalue weighted by molar-refractivity contribution is 7.89. The first-order chi connectivity index (χ1) is 13.4. The topological polar surface area (TPSA) is 91.8 Å². The van der Waals surface area contributed by atoms with E-state index in [-0.39, 0.29) is 22.5 Å². The molecule has 0 bridgehead atoms. The maximum absolute atomic E-state index is 12.8. The number of halogens is 1. The average molecular weight is 425 g/mol. The summed E-state index contributed by atoms with van der Waals surface area (Å²) >= 11 is 5.94. The Bertz CT molecular complexity index is 929. The molecule has 28 heavy (non-hydrogen) atoms. The predicted octanol–water partition coefficient (Wildman–Crippen LogP) is 1.69. The van der Waals surface area contributed by atoms with Crippen LogP contribution in [-0.2, 0) is 14.8 Å². The number of rotatable bonds is 6. The van der Waals surface area contributed by atoms with Gasteiger partial charge in [-0.25, -0.2) is 13.4 Å². The summed E-state index contributed by atoms with van der Waals surface area (Å²) in [6.45, 7) is 1.71. The number of hydrogen-bond acceptors (Lipinski definition) is 6. The van der Waals surface area contributed by atoms with Gasteiger partial charge < -0.3 is 10.1 Å². The highest BCUT2D eigenvalue weighted by Gasteiger charge is 2.29. The second kappa shape index (κ2) is 8.87. The molecule has 2 aromatic rings. The molecule has 1 aliphatic rings. The number of carbonyl (C=O) groups excluding carboxylic acids is 1. The third-order valence-electron chi connectivity index (χ3n) is 4.43. The van der Waals surface area contributed by atoms with E-state index in [1.54, 1.807) is 30.5 Å². The van der Waals surface area contributed by atoms with E-state index in [1.165, 1.54) is 23.5 Å². The number of ether oxygens (including phenoxy) is 1. The summed E-state index contributed by atoms with van der Waals surface area (Å²) in [6.07, 6.45) is 1.54.